The molecule has 5 heteroatoms. The van der Waals surface area contributed by atoms with Gasteiger partial charge in [0, 0.05) is 53.3 Å². The molecular weight excluding hydrogens is 773 g/mol. The van der Waals surface area contributed by atoms with E-state index in [1.54, 1.807) is 0 Å². The van der Waals surface area contributed by atoms with Gasteiger partial charge in [-0.25, -0.2) is 15.0 Å². The largest absolute Gasteiger partial charge is 0.309 e. The van der Waals surface area contributed by atoms with E-state index in [1.165, 1.54) is 42.0 Å². The SMILES string of the molecule is c1ccc(-c2cc(-c3cc(-c4ccccc4)cc(-n4c5ccccc5c5cc6c(cc54)sc4ccccc46)c3)cc(-c3nc(-c4ccccc4)nc(-c4ccccc4)n3)c2)cc1. The molecule has 9 aromatic carbocycles. The average molecular weight is 809 g/mol. The van der Waals surface area contributed by atoms with E-state index in [1.807, 2.05) is 47.7 Å². The van der Waals surface area contributed by atoms with Gasteiger partial charge in [0.25, 0.3) is 0 Å². The molecule has 0 saturated carbocycles. The van der Waals surface area contributed by atoms with Gasteiger partial charge in [0.05, 0.1) is 11.0 Å². The smallest absolute Gasteiger partial charge is 0.164 e. The molecule has 12 rings (SSSR count). The molecule has 0 bridgehead atoms. The number of fused-ring (bicyclic) bond motifs is 6. The van der Waals surface area contributed by atoms with Crippen LogP contribution in [0.15, 0.2) is 218 Å². The van der Waals surface area contributed by atoms with Crippen LogP contribution in [0.2, 0.25) is 0 Å². The van der Waals surface area contributed by atoms with Gasteiger partial charge in [0.1, 0.15) is 0 Å². The lowest BCUT2D eigenvalue weighted by Crippen LogP contribution is -2.00. The summed E-state index contributed by atoms with van der Waals surface area (Å²) >= 11 is 1.86. The van der Waals surface area contributed by atoms with Crippen molar-refractivity contribution in [1.82, 2.24) is 19.5 Å². The average Bonchev–Trinajstić information content (AvgIpc) is 3.88. The Morgan fingerprint density at radius 1 is 0.274 bits per heavy atom. The molecule has 0 aliphatic rings. The molecule has 62 heavy (non-hydrogen) atoms. The van der Waals surface area contributed by atoms with Gasteiger partial charge < -0.3 is 4.57 Å². The van der Waals surface area contributed by atoms with Crippen molar-refractivity contribution in [2.75, 3.05) is 0 Å². The van der Waals surface area contributed by atoms with Crippen LogP contribution in [0.25, 0.3) is 115 Å². The Bertz CT molecular complexity index is 3560. The molecule has 0 unspecified atom stereocenters. The Morgan fingerprint density at radius 2 is 0.710 bits per heavy atom. The zero-order valence-corrected chi connectivity index (χ0v) is 34.3. The molecule has 3 heterocycles. The lowest BCUT2D eigenvalue weighted by molar-refractivity contribution is 1.07. The summed E-state index contributed by atoms with van der Waals surface area (Å²) in [6.45, 7) is 0. The number of hydrogen-bond donors (Lipinski definition) is 0. The van der Waals surface area contributed by atoms with E-state index in [0.29, 0.717) is 17.5 Å². The molecule has 0 amide bonds. The fourth-order valence-corrected chi connectivity index (χ4v) is 9.95. The van der Waals surface area contributed by atoms with Gasteiger partial charge in [0.15, 0.2) is 17.5 Å². The van der Waals surface area contributed by atoms with Gasteiger partial charge in [-0.2, -0.15) is 0 Å². The van der Waals surface area contributed by atoms with Crippen LogP contribution >= 0.6 is 11.3 Å². The van der Waals surface area contributed by atoms with Crippen LogP contribution in [0.5, 0.6) is 0 Å². The zero-order chi connectivity index (χ0) is 41.0. The minimum Gasteiger partial charge on any atom is -0.309 e. The van der Waals surface area contributed by atoms with Crippen LogP contribution in [0.3, 0.4) is 0 Å². The van der Waals surface area contributed by atoms with Gasteiger partial charge in [-0.15, -0.1) is 11.3 Å². The van der Waals surface area contributed by atoms with Crippen LogP contribution in [0.1, 0.15) is 0 Å². The first-order chi connectivity index (χ1) is 30.7. The topological polar surface area (TPSA) is 43.6 Å². The third kappa shape index (κ3) is 6.35. The van der Waals surface area contributed by atoms with Crippen molar-refractivity contribution in [3.8, 4) is 73.2 Å². The minimum atomic E-state index is 0.617. The molecule has 0 fully saturated rings. The van der Waals surface area contributed by atoms with Crippen LogP contribution in [-0.2, 0) is 0 Å². The van der Waals surface area contributed by atoms with Gasteiger partial charge in [-0.1, -0.05) is 158 Å². The van der Waals surface area contributed by atoms with Crippen LogP contribution in [-0.4, -0.2) is 19.5 Å². The molecule has 0 spiro atoms. The Kier molecular flexibility index (Phi) is 8.65. The van der Waals surface area contributed by atoms with E-state index in [4.69, 9.17) is 15.0 Å². The molecule has 0 radical (unpaired) electrons. The lowest BCUT2D eigenvalue weighted by Gasteiger charge is -2.16. The molecule has 0 N–H and O–H groups in total. The first-order valence-corrected chi connectivity index (χ1v) is 21.7. The van der Waals surface area contributed by atoms with Crippen molar-refractivity contribution in [1.29, 1.82) is 0 Å². The molecule has 290 valence electrons. The minimum absolute atomic E-state index is 0.617. The molecular formula is C57H36N4S. The summed E-state index contributed by atoms with van der Waals surface area (Å²) in [7, 11) is 0. The molecule has 4 nitrogen and oxygen atoms in total. The standard InChI is InChI=1S/C57H36N4S/c1-5-17-37(18-6-1)41-29-42(32-45(31-41)57-59-55(39-21-9-3-10-22-39)58-56(60-57)40-23-11-4-12-24-40)44-30-43(38-19-7-2-8-20-38)33-46(34-44)61-51-27-15-13-25-47(51)49-35-50-48-26-14-16-28-53(48)62-54(50)36-52(49)61/h1-36H. The Labute approximate surface area is 362 Å². The van der Waals surface area contributed by atoms with Crippen molar-refractivity contribution >= 4 is 53.3 Å². The maximum atomic E-state index is 5.18. The molecule has 0 aliphatic heterocycles. The van der Waals surface area contributed by atoms with E-state index in [0.717, 1.165) is 55.8 Å². The maximum absolute atomic E-state index is 5.18. The highest BCUT2D eigenvalue weighted by Gasteiger charge is 2.19. The van der Waals surface area contributed by atoms with Crippen molar-refractivity contribution in [2.45, 2.75) is 0 Å². The maximum Gasteiger partial charge on any atom is 0.164 e. The summed E-state index contributed by atoms with van der Waals surface area (Å²) in [6, 6.07) is 77.7. The van der Waals surface area contributed by atoms with Crippen LogP contribution in [0, 0.1) is 0 Å². The Hall–Kier alpha value is -7.99. The van der Waals surface area contributed by atoms with E-state index in [9.17, 15) is 0 Å². The second-order valence-electron chi connectivity index (χ2n) is 15.7. The molecule has 0 atom stereocenters. The molecule has 0 aliphatic carbocycles. The molecule has 12 aromatic rings. The third-order valence-corrected chi connectivity index (χ3v) is 12.9. The van der Waals surface area contributed by atoms with E-state index in [2.05, 4.69) is 187 Å². The molecule has 0 saturated heterocycles. The van der Waals surface area contributed by atoms with Gasteiger partial charge in [-0.3, -0.25) is 0 Å². The van der Waals surface area contributed by atoms with Gasteiger partial charge >= 0.3 is 0 Å². The quantitative estimate of drug-likeness (QED) is 0.161. The second kappa shape index (κ2) is 14.9. The summed E-state index contributed by atoms with van der Waals surface area (Å²) in [5.74, 6) is 1.88. The first-order valence-electron chi connectivity index (χ1n) is 20.8. The van der Waals surface area contributed by atoms with Crippen molar-refractivity contribution in [3.63, 3.8) is 0 Å². The van der Waals surface area contributed by atoms with Crippen LogP contribution in [0.4, 0.5) is 0 Å². The highest BCUT2D eigenvalue weighted by atomic mass is 32.1. The van der Waals surface area contributed by atoms with Crippen molar-refractivity contribution in [3.05, 3.63) is 218 Å². The zero-order valence-electron chi connectivity index (χ0n) is 33.5. The van der Waals surface area contributed by atoms with Crippen molar-refractivity contribution in [2.24, 2.45) is 0 Å². The number of nitrogens with zero attached hydrogens (tertiary/aromatic N) is 4. The number of benzene rings is 9. The number of rotatable bonds is 7. The summed E-state index contributed by atoms with van der Waals surface area (Å²) in [5.41, 5.74) is 12.9. The summed E-state index contributed by atoms with van der Waals surface area (Å²) < 4.78 is 5.04. The fourth-order valence-electron chi connectivity index (χ4n) is 8.83. The van der Waals surface area contributed by atoms with Gasteiger partial charge in [-0.05, 0) is 94.0 Å². The molecule has 3 aromatic heterocycles. The fraction of sp³-hybridized carbons (Fsp3) is 0. The normalized spacial score (nSPS) is 11.5. The number of hydrogen-bond acceptors (Lipinski definition) is 4. The predicted octanol–water partition coefficient (Wildman–Crippen LogP) is 15.3. The van der Waals surface area contributed by atoms with E-state index in [-0.39, 0.29) is 0 Å². The lowest BCUT2D eigenvalue weighted by atomic mass is 9.93. The summed E-state index contributed by atoms with van der Waals surface area (Å²) in [5, 5.41) is 5.08. The van der Waals surface area contributed by atoms with E-state index < -0.39 is 0 Å². The predicted molar refractivity (Wildman–Crippen MR) is 260 cm³/mol. The summed E-state index contributed by atoms with van der Waals surface area (Å²) in [4.78, 5) is 15.4. The number of para-hydroxylation sites is 1. The highest BCUT2D eigenvalue weighted by molar-refractivity contribution is 7.25. The van der Waals surface area contributed by atoms with Gasteiger partial charge in [0.2, 0.25) is 0 Å². The Morgan fingerprint density at radius 3 is 1.31 bits per heavy atom. The number of thiophene rings is 1. The monoisotopic (exact) mass is 808 g/mol. The number of aromatic nitrogens is 4. The summed E-state index contributed by atoms with van der Waals surface area (Å²) in [6.07, 6.45) is 0. The first kappa shape index (κ1) is 35.9. The van der Waals surface area contributed by atoms with Crippen molar-refractivity contribution < 1.29 is 0 Å². The third-order valence-electron chi connectivity index (χ3n) is 11.8. The van der Waals surface area contributed by atoms with Crippen LogP contribution < -0.4 is 0 Å². The van der Waals surface area contributed by atoms with E-state index >= 15 is 0 Å². The highest BCUT2D eigenvalue weighted by Crippen LogP contribution is 2.42. The Balaban J connectivity index is 1.12. The second-order valence-corrected chi connectivity index (χ2v) is 16.7.